The van der Waals surface area contributed by atoms with Gasteiger partial charge in [0, 0.05) is 23.3 Å². The molecule has 0 atom stereocenters. The van der Waals surface area contributed by atoms with Crippen LogP contribution >= 0.6 is 0 Å². The summed E-state index contributed by atoms with van der Waals surface area (Å²) >= 11 is 0. The lowest BCUT2D eigenvalue weighted by Gasteiger charge is -2.22. The fraction of sp³-hybridized carbons (Fsp3) is 0.0417. The Hall–Kier alpha value is -3.19. The number of pyridine rings is 1. The summed E-state index contributed by atoms with van der Waals surface area (Å²) in [4.78, 5) is 4.59. The third-order valence-corrected chi connectivity index (χ3v) is 5.49. The molecule has 4 aromatic carbocycles. The molecule has 25 heavy (non-hydrogen) atoms. The molecule has 0 N–H and O–H groups in total. The highest BCUT2D eigenvalue weighted by Gasteiger charge is 2.20. The first kappa shape index (κ1) is 13.1. The van der Waals surface area contributed by atoms with Crippen LogP contribution in [0.1, 0.15) is 11.1 Å². The molecule has 1 aromatic heterocycles. The number of hydrogen-bond donors (Lipinski definition) is 0. The van der Waals surface area contributed by atoms with E-state index in [-0.39, 0.29) is 0 Å². The van der Waals surface area contributed by atoms with Crippen LogP contribution in [0.2, 0.25) is 0 Å². The lowest BCUT2D eigenvalue weighted by molar-refractivity contribution is 1.20. The first-order valence-electron chi connectivity index (χ1n) is 8.69. The van der Waals surface area contributed by atoms with Gasteiger partial charge < -0.3 is 0 Å². The second-order valence-corrected chi connectivity index (χ2v) is 6.90. The topological polar surface area (TPSA) is 12.9 Å². The maximum atomic E-state index is 4.59. The van der Waals surface area contributed by atoms with Crippen LogP contribution in [-0.4, -0.2) is 4.98 Å². The minimum absolute atomic E-state index is 0.985. The fourth-order valence-corrected chi connectivity index (χ4v) is 4.37. The van der Waals surface area contributed by atoms with Crippen molar-refractivity contribution >= 4 is 32.3 Å². The van der Waals surface area contributed by atoms with Crippen LogP contribution in [0.4, 0.5) is 0 Å². The van der Waals surface area contributed by atoms with Gasteiger partial charge >= 0.3 is 0 Å². The van der Waals surface area contributed by atoms with E-state index in [9.17, 15) is 0 Å². The molecule has 0 unspecified atom stereocenters. The van der Waals surface area contributed by atoms with Gasteiger partial charge in [0.25, 0.3) is 0 Å². The van der Waals surface area contributed by atoms with Crippen molar-refractivity contribution in [3.05, 3.63) is 90.3 Å². The van der Waals surface area contributed by atoms with Gasteiger partial charge in [-0.25, -0.2) is 0 Å². The molecule has 0 fully saturated rings. The second kappa shape index (κ2) is 4.67. The third kappa shape index (κ3) is 1.75. The highest BCUT2D eigenvalue weighted by atomic mass is 14.6. The van der Waals surface area contributed by atoms with E-state index in [0.717, 1.165) is 6.42 Å². The summed E-state index contributed by atoms with van der Waals surface area (Å²) in [5.74, 6) is 0. The Balaban J connectivity index is 1.80. The third-order valence-electron chi connectivity index (χ3n) is 5.49. The van der Waals surface area contributed by atoms with Gasteiger partial charge in [-0.05, 0) is 56.1 Å². The Kier molecular flexibility index (Phi) is 2.46. The first-order valence-corrected chi connectivity index (χ1v) is 8.69. The van der Waals surface area contributed by atoms with Crippen LogP contribution in [0.15, 0.2) is 79.1 Å². The maximum Gasteiger partial charge on any atom is 0.0353 e. The summed E-state index contributed by atoms with van der Waals surface area (Å²) in [5, 5.41) is 7.84. The van der Waals surface area contributed by atoms with Gasteiger partial charge in [0.15, 0.2) is 0 Å². The Bertz CT molecular complexity index is 1310. The van der Waals surface area contributed by atoms with Gasteiger partial charge in [-0.1, -0.05) is 60.7 Å². The molecule has 0 aliphatic heterocycles. The highest BCUT2D eigenvalue weighted by Crippen LogP contribution is 2.42. The average Bonchev–Trinajstić information content (AvgIpc) is 2.67. The predicted molar refractivity (Wildman–Crippen MR) is 105 cm³/mol. The van der Waals surface area contributed by atoms with Crippen molar-refractivity contribution in [2.45, 2.75) is 6.42 Å². The van der Waals surface area contributed by atoms with Crippen molar-refractivity contribution < 1.29 is 0 Å². The molecule has 0 amide bonds. The molecular weight excluding hydrogens is 302 g/mol. The number of aromatic nitrogens is 1. The van der Waals surface area contributed by atoms with E-state index in [2.05, 4.69) is 71.7 Å². The number of rotatable bonds is 0. The monoisotopic (exact) mass is 317 g/mol. The highest BCUT2D eigenvalue weighted by molar-refractivity contribution is 6.14. The van der Waals surface area contributed by atoms with Gasteiger partial charge in [0.1, 0.15) is 0 Å². The van der Waals surface area contributed by atoms with Gasteiger partial charge in [-0.15, -0.1) is 0 Å². The van der Waals surface area contributed by atoms with E-state index in [0.29, 0.717) is 0 Å². The predicted octanol–water partition coefficient (Wildman–Crippen LogP) is 6.11. The maximum absolute atomic E-state index is 4.59. The second-order valence-electron chi connectivity index (χ2n) is 6.90. The lowest BCUT2D eigenvalue weighted by atomic mass is 9.82. The smallest absolute Gasteiger partial charge is 0.0353 e. The zero-order chi connectivity index (χ0) is 16.4. The Morgan fingerprint density at radius 2 is 1.32 bits per heavy atom. The minimum atomic E-state index is 0.985. The summed E-state index contributed by atoms with van der Waals surface area (Å²) in [6.45, 7) is 0. The Morgan fingerprint density at radius 3 is 2.20 bits per heavy atom. The molecule has 0 bridgehead atoms. The number of nitrogens with zero attached hydrogens (tertiary/aromatic N) is 1. The SMILES string of the molecule is c1ccc2cc3c(cc2c1)Cc1cc2ccccc2c2cncc-3c12. The molecule has 1 aliphatic rings. The zero-order valence-corrected chi connectivity index (χ0v) is 13.7. The molecule has 1 heterocycles. The molecule has 1 aliphatic carbocycles. The minimum Gasteiger partial charge on any atom is -0.263 e. The normalized spacial score (nSPS) is 12.6. The molecule has 0 saturated carbocycles. The molecule has 5 aromatic rings. The molecule has 0 spiro atoms. The van der Waals surface area contributed by atoms with E-state index in [1.165, 1.54) is 54.6 Å². The molecule has 1 heteroatoms. The van der Waals surface area contributed by atoms with Crippen molar-refractivity contribution in [2.75, 3.05) is 0 Å². The Morgan fingerprint density at radius 1 is 0.600 bits per heavy atom. The van der Waals surface area contributed by atoms with Crippen molar-refractivity contribution in [3.63, 3.8) is 0 Å². The molecule has 6 rings (SSSR count). The lowest BCUT2D eigenvalue weighted by Crippen LogP contribution is -2.02. The van der Waals surface area contributed by atoms with Gasteiger partial charge in [0.05, 0.1) is 0 Å². The number of hydrogen-bond acceptors (Lipinski definition) is 1. The molecule has 0 radical (unpaired) electrons. The summed E-state index contributed by atoms with van der Waals surface area (Å²) < 4.78 is 0. The van der Waals surface area contributed by atoms with Crippen molar-refractivity contribution in [2.24, 2.45) is 0 Å². The van der Waals surface area contributed by atoms with Crippen molar-refractivity contribution in [1.82, 2.24) is 4.98 Å². The van der Waals surface area contributed by atoms with Gasteiger partial charge in [-0.2, -0.15) is 0 Å². The average molecular weight is 317 g/mol. The van der Waals surface area contributed by atoms with E-state index in [1.54, 1.807) is 0 Å². The summed E-state index contributed by atoms with van der Waals surface area (Å²) in [6, 6.07) is 24.3. The summed E-state index contributed by atoms with van der Waals surface area (Å²) in [5.41, 5.74) is 5.41. The van der Waals surface area contributed by atoms with Gasteiger partial charge in [0.2, 0.25) is 0 Å². The van der Waals surface area contributed by atoms with E-state index in [4.69, 9.17) is 0 Å². The number of benzene rings is 4. The van der Waals surface area contributed by atoms with E-state index in [1.807, 2.05) is 12.4 Å². The Labute approximate surface area is 145 Å². The van der Waals surface area contributed by atoms with Crippen LogP contribution < -0.4 is 0 Å². The van der Waals surface area contributed by atoms with E-state index < -0.39 is 0 Å². The van der Waals surface area contributed by atoms with Crippen molar-refractivity contribution in [1.29, 1.82) is 0 Å². The van der Waals surface area contributed by atoms with Crippen LogP contribution in [0.25, 0.3) is 43.4 Å². The standard InChI is InChI=1S/C24H15N/c1-2-6-16-12-21-18(9-15(16)5-1)11-19-10-17-7-3-4-8-20(17)22-13-25-14-23(21)24(19)22/h1-10,12-14H,11H2. The zero-order valence-electron chi connectivity index (χ0n) is 13.7. The molecule has 0 saturated heterocycles. The molecule has 116 valence electrons. The van der Waals surface area contributed by atoms with Crippen LogP contribution in [0.5, 0.6) is 0 Å². The van der Waals surface area contributed by atoms with Crippen LogP contribution in [0.3, 0.4) is 0 Å². The van der Waals surface area contributed by atoms with Gasteiger partial charge in [-0.3, -0.25) is 4.98 Å². The summed E-state index contributed by atoms with van der Waals surface area (Å²) in [7, 11) is 0. The largest absolute Gasteiger partial charge is 0.263 e. The molecule has 1 nitrogen and oxygen atoms in total. The number of fused-ring (bicyclic) bond motifs is 5. The van der Waals surface area contributed by atoms with Crippen molar-refractivity contribution in [3.8, 4) is 11.1 Å². The quantitative estimate of drug-likeness (QED) is 0.308. The van der Waals surface area contributed by atoms with E-state index >= 15 is 0 Å². The van der Waals surface area contributed by atoms with Crippen LogP contribution in [-0.2, 0) is 6.42 Å². The first-order chi connectivity index (χ1) is 12.4. The van der Waals surface area contributed by atoms with Crippen LogP contribution in [0, 0.1) is 0 Å². The fourth-order valence-electron chi connectivity index (χ4n) is 4.37. The summed E-state index contributed by atoms with van der Waals surface area (Å²) in [6.07, 6.45) is 5.04. The molecular formula is C24H15N.